The normalized spacial score (nSPS) is 18.8. The molecule has 1 saturated heterocycles. The zero-order valence-corrected chi connectivity index (χ0v) is 17.9. The first-order chi connectivity index (χ1) is 14.4. The van der Waals surface area contributed by atoms with E-state index < -0.39 is 6.04 Å². The summed E-state index contributed by atoms with van der Waals surface area (Å²) in [7, 11) is 6.86. The van der Waals surface area contributed by atoms with Gasteiger partial charge in [0.1, 0.15) is 0 Å². The lowest BCUT2D eigenvalue weighted by Gasteiger charge is -2.33. The van der Waals surface area contributed by atoms with E-state index in [9.17, 15) is 9.59 Å². The average molecular weight is 429 g/mol. The van der Waals surface area contributed by atoms with E-state index in [4.69, 9.17) is 0 Å². The molecule has 2 aromatic rings. The van der Waals surface area contributed by atoms with E-state index in [1.165, 1.54) is 23.7 Å². The fourth-order valence-electron chi connectivity index (χ4n) is 3.41. The first-order valence-electron chi connectivity index (χ1n) is 9.31. The van der Waals surface area contributed by atoms with Crippen LogP contribution in [0.2, 0.25) is 0 Å². The number of para-hydroxylation sites is 1. The zero-order valence-electron chi connectivity index (χ0n) is 17.1. The molecule has 2 aliphatic heterocycles. The summed E-state index contributed by atoms with van der Waals surface area (Å²) < 4.78 is 3.52. The second kappa shape index (κ2) is 7.86. The van der Waals surface area contributed by atoms with Crippen molar-refractivity contribution in [1.29, 1.82) is 0 Å². The molecule has 4 rings (SSSR count). The van der Waals surface area contributed by atoms with Crippen molar-refractivity contribution < 1.29 is 14.2 Å². The molecule has 1 aromatic heterocycles. The van der Waals surface area contributed by atoms with Gasteiger partial charge in [-0.25, -0.2) is 9.69 Å². The number of carbonyl (C=O) groups excluding carboxylic acids is 2. The predicted octanol–water partition coefficient (Wildman–Crippen LogP) is -0.0110. The number of fused-ring (bicyclic) bond motifs is 1. The predicted molar refractivity (Wildman–Crippen MR) is 111 cm³/mol. The number of rotatable bonds is 5. The van der Waals surface area contributed by atoms with Crippen molar-refractivity contribution in [1.82, 2.24) is 34.9 Å². The highest BCUT2D eigenvalue weighted by Crippen LogP contribution is 2.24. The number of imide groups is 1. The van der Waals surface area contributed by atoms with Gasteiger partial charge in [-0.3, -0.25) is 19.2 Å². The van der Waals surface area contributed by atoms with E-state index in [2.05, 4.69) is 20.5 Å². The van der Waals surface area contributed by atoms with E-state index in [0.717, 1.165) is 10.6 Å². The third-order valence-corrected chi connectivity index (χ3v) is 5.81. The van der Waals surface area contributed by atoms with Gasteiger partial charge >= 0.3 is 12.0 Å². The van der Waals surface area contributed by atoms with Crippen molar-refractivity contribution in [3.63, 3.8) is 0 Å². The third kappa shape index (κ3) is 3.32. The molecule has 3 heterocycles. The number of hydrogen-bond donors (Lipinski definition) is 0. The van der Waals surface area contributed by atoms with E-state index in [-0.39, 0.29) is 11.9 Å². The van der Waals surface area contributed by atoms with Crippen LogP contribution in [0.5, 0.6) is 0 Å². The van der Waals surface area contributed by atoms with Crippen LogP contribution < -0.4 is 0 Å². The number of aromatic nitrogens is 4. The monoisotopic (exact) mass is 428 g/mol. The Balaban J connectivity index is 1.53. The molecule has 0 bridgehead atoms. The highest BCUT2D eigenvalue weighted by atomic mass is 32.2. The van der Waals surface area contributed by atoms with Crippen LogP contribution in [0.15, 0.2) is 40.5 Å². The van der Waals surface area contributed by atoms with Gasteiger partial charge in [-0.05, 0) is 22.6 Å². The first-order valence-corrected chi connectivity index (χ1v) is 10.3. The molecule has 3 amide bonds. The summed E-state index contributed by atoms with van der Waals surface area (Å²) >= 11 is 1.49. The first kappa shape index (κ1) is 20.0. The number of hydrogen-bond acceptors (Lipinski definition) is 6. The second-order valence-electron chi connectivity index (χ2n) is 7.06. The summed E-state index contributed by atoms with van der Waals surface area (Å²) in [6, 6.07) is 8.65. The summed E-state index contributed by atoms with van der Waals surface area (Å²) in [4.78, 5) is 34.2. The minimum absolute atomic E-state index is 0.284. The molecule has 30 heavy (non-hydrogen) atoms. The number of thioether (sulfide) groups is 1. The smallest absolute Gasteiger partial charge is 0.270 e. The molecule has 11 nitrogen and oxygen atoms in total. The number of benzene rings is 1. The maximum Gasteiger partial charge on any atom is 0.392 e. The minimum atomic E-state index is -0.624. The van der Waals surface area contributed by atoms with Crippen molar-refractivity contribution in [3.8, 4) is 5.69 Å². The molecular weight excluding hydrogens is 406 g/mol. The fraction of sp³-hybridized carbons (Fsp3) is 0.389. The van der Waals surface area contributed by atoms with Crippen LogP contribution in [0.1, 0.15) is 0 Å². The Morgan fingerprint density at radius 1 is 1.10 bits per heavy atom. The van der Waals surface area contributed by atoms with Crippen molar-refractivity contribution in [2.45, 2.75) is 11.2 Å². The van der Waals surface area contributed by atoms with Gasteiger partial charge in [0.05, 0.1) is 26.3 Å². The SMILES string of the molecule is CN1C(=O)C2C(=NC(=[N+](C)C)N2CCSc2nnnn2-c2ccccc2)N(C)C1=O. The van der Waals surface area contributed by atoms with Crippen LogP contribution in [-0.4, -0.2) is 110 Å². The van der Waals surface area contributed by atoms with E-state index in [1.54, 1.807) is 11.7 Å². The lowest BCUT2D eigenvalue weighted by atomic mass is 10.1. The third-order valence-electron chi connectivity index (χ3n) is 4.91. The lowest BCUT2D eigenvalue weighted by Crippen LogP contribution is -2.63. The summed E-state index contributed by atoms with van der Waals surface area (Å²) in [6.45, 7) is 0.527. The molecule has 0 N–H and O–H groups in total. The summed E-state index contributed by atoms with van der Waals surface area (Å²) in [6.07, 6.45) is 0. The van der Waals surface area contributed by atoms with Crippen LogP contribution in [0.3, 0.4) is 0 Å². The van der Waals surface area contributed by atoms with Gasteiger partial charge in [-0.15, -0.1) is 5.10 Å². The maximum atomic E-state index is 12.9. The maximum absolute atomic E-state index is 12.9. The van der Waals surface area contributed by atoms with Gasteiger partial charge in [0.15, 0.2) is 0 Å². The number of aliphatic imine (C=N–C) groups is 1. The topological polar surface area (TPSA) is 103 Å². The molecule has 0 saturated carbocycles. The summed E-state index contributed by atoms with van der Waals surface area (Å²) in [5.41, 5.74) is 0.876. The molecule has 12 heteroatoms. The highest BCUT2D eigenvalue weighted by Gasteiger charge is 2.54. The second-order valence-corrected chi connectivity index (χ2v) is 8.12. The number of guanidine groups is 1. The molecule has 0 aliphatic carbocycles. The number of amidine groups is 1. The van der Waals surface area contributed by atoms with Crippen molar-refractivity contribution in [3.05, 3.63) is 30.3 Å². The average Bonchev–Trinajstić information content (AvgIpc) is 3.36. The van der Waals surface area contributed by atoms with E-state index >= 15 is 0 Å². The number of likely N-dealkylation sites (N-methyl/N-ethyl adjacent to an activating group) is 2. The molecule has 0 radical (unpaired) electrons. The summed E-state index contributed by atoms with van der Waals surface area (Å²) in [5.74, 6) is 1.43. The van der Waals surface area contributed by atoms with Gasteiger partial charge in [0.25, 0.3) is 5.91 Å². The van der Waals surface area contributed by atoms with Gasteiger partial charge in [-0.1, -0.05) is 35.0 Å². The Hall–Kier alpha value is -3.28. The van der Waals surface area contributed by atoms with Gasteiger partial charge in [-0.2, -0.15) is 4.68 Å². The lowest BCUT2D eigenvalue weighted by molar-refractivity contribution is -0.470. The van der Waals surface area contributed by atoms with Crippen LogP contribution in [0.25, 0.3) is 5.69 Å². The number of tetrazole rings is 1. The molecule has 1 atom stereocenters. The fourth-order valence-corrected chi connectivity index (χ4v) is 4.24. The minimum Gasteiger partial charge on any atom is -0.270 e. The molecule has 2 aliphatic rings. The summed E-state index contributed by atoms with van der Waals surface area (Å²) in [5, 5.41) is 12.6. The van der Waals surface area contributed by atoms with E-state index in [1.807, 2.05) is 53.9 Å². The Kier molecular flexibility index (Phi) is 5.24. The van der Waals surface area contributed by atoms with Crippen molar-refractivity contribution >= 4 is 35.5 Å². The molecule has 156 valence electrons. The standard InChI is InChI=1S/C18H22N9O2S/c1-23(2)16-19-14-13(15(28)25(4)18(29)24(14)3)26(16)10-11-30-17-20-21-22-27(17)12-8-6-5-7-9-12/h5-9,13H,10-11H2,1-4H3/q+1. The van der Waals surface area contributed by atoms with Gasteiger partial charge < -0.3 is 0 Å². The van der Waals surface area contributed by atoms with Gasteiger partial charge in [0.2, 0.25) is 17.0 Å². The highest BCUT2D eigenvalue weighted by molar-refractivity contribution is 7.99. The van der Waals surface area contributed by atoms with Crippen LogP contribution >= 0.6 is 11.8 Å². The molecule has 1 aromatic carbocycles. The quantitative estimate of drug-likeness (QED) is 0.487. The molecule has 0 spiro atoms. The Morgan fingerprint density at radius 3 is 2.53 bits per heavy atom. The Labute approximate surface area is 177 Å². The number of nitrogens with zero attached hydrogens (tertiary/aromatic N) is 9. The number of carbonyl (C=O) groups is 2. The molecular formula is C18H22N9O2S+. The Morgan fingerprint density at radius 2 is 1.83 bits per heavy atom. The van der Waals surface area contributed by atoms with E-state index in [0.29, 0.717) is 29.2 Å². The van der Waals surface area contributed by atoms with Gasteiger partial charge in [0, 0.05) is 19.8 Å². The molecule has 1 unspecified atom stereocenters. The largest absolute Gasteiger partial charge is 0.392 e. The number of amides is 3. The zero-order chi connectivity index (χ0) is 21.4. The van der Waals surface area contributed by atoms with Crippen LogP contribution in [0.4, 0.5) is 4.79 Å². The molecule has 1 fully saturated rings. The van der Waals surface area contributed by atoms with Crippen molar-refractivity contribution in [2.75, 3.05) is 40.5 Å². The van der Waals surface area contributed by atoms with Crippen molar-refractivity contribution in [2.24, 2.45) is 4.99 Å². The number of urea groups is 1. The van der Waals surface area contributed by atoms with Crippen LogP contribution in [0, 0.1) is 0 Å². The van der Waals surface area contributed by atoms with Crippen LogP contribution in [-0.2, 0) is 4.79 Å². The Bertz CT molecular complexity index is 1040.